The largest absolute Gasteiger partial charge is 0.368 e. The van der Waals surface area contributed by atoms with Crippen LogP contribution in [0.1, 0.15) is 18.5 Å². The summed E-state index contributed by atoms with van der Waals surface area (Å²) in [4.78, 5) is 11.7. The average molecular weight is 257 g/mol. The molecule has 1 aromatic rings. The van der Waals surface area contributed by atoms with Gasteiger partial charge in [0, 0.05) is 0 Å². The predicted molar refractivity (Wildman–Crippen MR) is 65.7 cm³/mol. The van der Waals surface area contributed by atoms with Crippen molar-refractivity contribution in [3.8, 4) is 0 Å². The summed E-state index contributed by atoms with van der Waals surface area (Å²) in [6.45, 7) is 2.31. The molecule has 1 amide bonds. The average Bonchev–Trinajstić information content (AvgIpc) is 3.08. The summed E-state index contributed by atoms with van der Waals surface area (Å²) in [7, 11) is 1.77. The maximum Gasteiger partial charge on any atom is 0.239 e. The highest BCUT2D eigenvalue weighted by molar-refractivity contribution is 6.31. The number of hydrogen-bond donors (Lipinski definition) is 2. The molecule has 1 aliphatic rings. The zero-order valence-electron chi connectivity index (χ0n) is 10.0. The second kappa shape index (κ2) is 4.31. The van der Waals surface area contributed by atoms with Crippen molar-refractivity contribution in [3.05, 3.63) is 16.9 Å². The molecular weight excluding hydrogens is 240 g/mol. The minimum absolute atomic E-state index is 0.298. The first-order valence-electron chi connectivity index (χ1n) is 5.68. The number of halogens is 1. The number of primary amides is 1. The van der Waals surface area contributed by atoms with E-state index in [9.17, 15) is 4.79 Å². The zero-order chi connectivity index (χ0) is 12.6. The van der Waals surface area contributed by atoms with Crippen molar-refractivity contribution in [1.82, 2.24) is 15.1 Å². The van der Waals surface area contributed by atoms with Crippen LogP contribution in [0.25, 0.3) is 0 Å². The van der Waals surface area contributed by atoms with Crippen LogP contribution >= 0.6 is 11.6 Å². The highest BCUT2D eigenvalue weighted by Crippen LogP contribution is 2.40. The monoisotopic (exact) mass is 256 g/mol. The normalized spacial score (nSPS) is 19.0. The Morgan fingerprint density at radius 2 is 2.41 bits per heavy atom. The van der Waals surface area contributed by atoms with Crippen molar-refractivity contribution in [3.63, 3.8) is 0 Å². The van der Waals surface area contributed by atoms with Crippen molar-refractivity contribution in [2.45, 2.75) is 31.8 Å². The first kappa shape index (κ1) is 12.4. The molecule has 3 N–H and O–H groups in total. The molecule has 1 aromatic heterocycles. The third kappa shape index (κ3) is 2.05. The van der Waals surface area contributed by atoms with Crippen molar-refractivity contribution in [1.29, 1.82) is 0 Å². The van der Waals surface area contributed by atoms with Gasteiger partial charge in [-0.05, 0) is 32.7 Å². The highest BCUT2D eigenvalue weighted by atomic mass is 35.5. The fraction of sp³-hybridized carbons (Fsp3) is 0.636. The van der Waals surface area contributed by atoms with Gasteiger partial charge < -0.3 is 11.1 Å². The van der Waals surface area contributed by atoms with E-state index in [0.29, 0.717) is 17.5 Å². The van der Waals surface area contributed by atoms with Gasteiger partial charge in [0.2, 0.25) is 5.91 Å². The molecule has 17 heavy (non-hydrogen) atoms. The lowest BCUT2D eigenvalue weighted by Crippen LogP contribution is -2.58. The maximum atomic E-state index is 11.7. The van der Waals surface area contributed by atoms with Gasteiger partial charge in [-0.1, -0.05) is 11.6 Å². The quantitative estimate of drug-likeness (QED) is 0.815. The van der Waals surface area contributed by atoms with Gasteiger partial charge >= 0.3 is 0 Å². The SMILES string of the molecule is CNC(Cn1ncc(Cl)c1C)(C(N)=O)C1CC1. The number of aromatic nitrogens is 2. The number of rotatable bonds is 5. The van der Waals surface area contributed by atoms with Crippen LogP contribution in [0.5, 0.6) is 0 Å². The van der Waals surface area contributed by atoms with Crippen LogP contribution in [-0.2, 0) is 11.3 Å². The second-order valence-corrected chi connectivity index (χ2v) is 5.00. The van der Waals surface area contributed by atoms with E-state index in [4.69, 9.17) is 17.3 Å². The Balaban J connectivity index is 2.29. The molecule has 1 aliphatic carbocycles. The number of amides is 1. The van der Waals surface area contributed by atoms with Crippen LogP contribution in [0.4, 0.5) is 0 Å². The summed E-state index contributed by atoms with van der Waals surface area (Å²) in [5, 5.41) is 7.87. The Hall–Kier alpha value is -1.07. The Morgan fingerprint density at radius 1 is 1.76 bits per heavy atom. The zero-order valence-corrected chi connectivity index (χ0v) is 10.8. The topological polar surface area (TPSA) is 72.9 Å². The van der Waals surface area contributed by atoms with E-state index < -0.39 is 5.54 Å². The molecule has 0 spiro atoms. The van der Waals surface area contributed by atoms with E-state index >= 15 is 0 Å². The molecule has 1 fully saturated rings. The number of nitrogens with two attached hydrogens (primary N) is 1. The summed E-state index contributed by atoms with van der Waals surface area (Å²) < 4.78 is 1.74. The Labute approximate surface area is 105 Å². The van der Waals surface area contributed by atoms with Crippen LogP contribution in [0.3, 0.4) is 0 Å². The second-order valence-electron chi connectivity index (χ2n) is 4.60. The fourth-order valence-corrected chi connectivity index (χ4v) is 2.35. The first-order chi connectivity index (χ1) is 8.01. The van der Waals surface area contributed by atoms with Gasteiger partial charge in [0.1, 0.15) is 5.54 Å². The highest BCUT2D eigenvalue weighted by Gasteiger charge is 2.49. The minimum atomic E-state index is -0.708. The molecular formula is C11H17ClN4O. The number of nitrogens with one attached hydrogen (secondary N) is 1. The van der Waals surface area contributed by atoms with Crippen LogP contribution in [0, 0.1) is 12.8 Å². The van der Waals surface area contributed by atoms with Crippen LogP contribution in [0.15, 0.2) is 6.20 Å². The molecule has 0 bridgehead atoms. The molecule has 1 unspecified atom stereocenters. The molecule has 1 saturated carbocycles. The van der Waals surface area contributed by atoms with Crippen molar-refractivity contribution >= 4 is 17.5 Å². The van der Waals surface area contributed by atoms with Gasteiger partial charge in [0.25, 0.3) is 0 Å². The summed E-state index contributed by atoms with van der Waals surface area (Å²) in [5.74, 6) is -0.0269. The Bertz CT molecular complexity index is 441. The third-order valence-electron chi connectivity index (χ3n) is 3.60. The summed E-state index contributed by atoms with van der Waals surface area (Å²) >= 11 is 5.96. The molecule has 0 aromatic carbocycles. The molecule has 0 saturated heterocycles. The molecule has 0 radical (unpaired) electrons. The summed E-state index contributed by atoms with van der Waals surface area (Å²) in [6, 6.07) is 0. The van der Waals surface area contributed by atoms with Crippen LogP contribution in [0.2, 0.25) is 5.02 Å². The number of carbonyl (C=O) groups excluding carboxylic acids is 1. The summed E-state index contributed by atoms with van der Waals surface area (Å²) in [6.07, 6.45) is 3.64. The van der Waals surface area contributed by atoms with E-state index in [1.165, 1.54) is 0 Å². The molecule has 1 atom stereocenters. The van der Waals surface area contributed by atoms with E-state index in [-0.39, 0.29) is 5.91 Å². The lowest BCUT2D eigenvalue weighted by Gasteiger charge is -2.30. The summed E-state index contributed by atoms with van der Waals surface area (Å²) in [5.41, 5.74) is 5.70. The van der Waals surface area contributed by atoms with Gasteiger partial charge in [0.05, 0.1) is 23.5 Å². The molecule has 0 aliphatic heterocycles. The van der Waals surface area contributed by atoms with E-state index in [1.54, 1.807) is 17.9 Å². The molecule has 2 rings (SSSR count). The molecule has 94 valence electrons. The van der Waals surface area contributed by atoms with Gasteiger partial charge in [0.15, 0.2) is 0 Å². The molecule has 5 nitrogen and oxygen atoms in total. The van der Waals surface area contributed by atoms with Gasteiger partial charge in [-0.25, -0.2) is 0 Å². The number of hydrogen-bond acceptors (Lipinski definition) is 3. The number of likely N-dealkylation sites (N-methyl/N-ethyl adjacent to an activating group) is 1. The van der Waals surface area contributed by atoms with Crippen molar-refractivity contribution in [2.24, 2.45) is 11.7 Å². The van der Waals surface area contributed by atoms with Gasteiger partial charge in [-0.2, -0.15) is 5.10 Å². The Kier molecular flexibility index (Phi) is 3.14. The Morgan fingerprint density at radius 3 is 2.76 bits per heavy atom. The van der Waals surface area contributed by atoms with Gasteiger partial charge in [-0.15, -0.1) is 0 Å². The van der Waals surface area contributed by atoms with Crippen molar-refractivity contribution < 1.29 is 4.79 Å². The van der Waals surface area contributed by atoms with Crippen LogP contribution < -0.4 is 11.1 Å². The van der Waals surface area contributed by atoms with E-state index in [1.807, 2.05) is 6.92 Å². The van der Waals surface area contributed by atoms with E-state index in [2.05, 4.69) is 10.4 Å². The van der Waals surface area contributed by atoms with Crippen molar-refractivity contribution in [2.75, 3.05) is 7.05 Å². The van der Waals surface area contributed by atoms with Gasteiger partial charge in [-0.3, -0.25) is 9.48 Å². The third-order valence-corrected chi connectivity index (χ3v) is 3.97. The standard InChI is InChI=1S/C11H17ClN4O/c1-7-9(12)5-15-16(7)6-11(14-2,10(13)17)8-3-4-8/h5,8,14H,3-4,6H2,1-2H3,(H2,13,17). The number of carbonyl (C=O) groups is 1. The van der Waals surface area contributed by atoms with Crippen LogP contribution in [-0.4, -0.2) is 28.3 Å². The molecule has 6 heteroatoms. The molecule has 1 heterocycles. The maximum absolute atomic E-state index is 11.7. The number of nitrogens with zero attached hydrogens (tertiary/aromatic N) is 2. The van der Waals surface area contributed by atoms with E-state index in [0.717, 1.165) is 18.5 Å². The lowest BCUT2D eigenvalue weighted by molar-refractivity contribution is -0.125. The fourth-order valence-electron chi connectivity index (χ4n) is 2.21. The predicted octanol–water partition coefficient (Wildman–Crippen LogP) is 0.698. The minimum Gasteiger partial charge on any atom is -0.368 e. The lowest BCUT2D eigenvalue weighted by atomic mass is 9.92. The smallest absolute Gasteiger partial charge is 0.239 e. The first-order valence-corrected chi connectivity index (χ1v) is 6.06.